The van der Waals surface area contributed by atoms with Crippen LogP contribution >= 0.6 is 11.6 Å². The molecule has 0 aliphatic carbocycles. The van der Waals surface area contributed by atoms with E-state index in [9.17, 15) is 25.2 Å². The average Bonchev–Trinajstić information content (AvgIpc) is 2.45. The number of aromatic hydroxyl groups is 4. The summed E-state index contributed by atoms with van der Waals surface area (Å²) in [6.45, 7) is 3.62. The molecule has 0 fully saturated rings. The van der Waals surface area contributed by atoms with Gasteiger partial charge in [-0.3, -0.25) is 4.79 Å². The third kappa shape index (κ3) is 2.64. The lowest BCUT2D eigenvalue weighted by Gasteiger charge is -2.11. The zero-order chi connectivity index (χ0) is 15.7. The minimum atomic E-state index is -0.710. The van der Waals surface area contributed by atoms with Crippen LogP contribution in [0.1, 0.15) is 15.9 Å². The van der Waals surface area contributed by atoms with E-state index >= 15 is 0 Å². The van der Waals surface area contributed by atoms with Crippen molar-refractivity contribution >= 4 is 23.0 Å². The molecule has 0 saturated carbocycles. The molecule has 0 heterocycles. The number of rotatable bonds is 3. The fraction of sp³-hybridized carbons (Fsp3) is 0. The van der Waals surface area contributed by atoms with E-state index in [1.807, 2.05) is 0 Å². The number of Topliss-reactive ketones (excluding diaryl/α,β-unsaturated/α-hetero) is 1. The molecule has 0 radical (unpaired) electrons. The predicted molar refractivity (Wildman–Crippen MR) is 77.9 cm³/mol. The molecule has 108 valence electrons. The van der Waals surface area contributed by atoms with E-state index in [0.717, 1.165) is 6.07 Å². The van der Waals surface area contributed by atoms with Crippen LogP contribution in [0.25, 0.3) is 5.57 Å². The number of hydrogen-bond donors (Lipinski definition) is 4. The van der Waals surface area contributed by atoms with E-state index < -0.39 is 28.1 Å². The second-order valence-electron chi connectivity index (χ2n) is 4.31. The van der Waals surface area contributed by atoms with Crippen LogP contribution in [-0.2, 0) is 0 Å². The summed E-state index contributed by atoms with van der Waals surface area (Å²) in [6.07, 6.45) is 0. The standard InChI is InChI=1S/C15H11ClO5/c1-7(8-2-4-9(17)5-3-8)14(20)12-10(18)6-11(19)15(21)13(12)16/h2-6,17-19,21H,1H2. The van der Waals surface area contributed by atoms with Gasteiger partial charge in [-0.25, -0.2) is 0 Å². The molecule has 6 heteroatoms. The van der Waals surface area contributed by atoms with Crippen LogP contribution < -0.4 is 0 Å². The molecule has 5 nitrogen and oxygen atoms in total. The van der Waals surface area contributed by atoms with Gasteiger partial charge in [0.15, 0.2) is 17.3 Å². The molecule has 2 aromatic carbocycles. The molecule has 0 spiro atoms. The fourth-order valence-corrected chi connectivity index (χ4v) is 2.05. The molecule has 0 saturated heterocycles. The minimum Gasteiger partial charge on any atom is -0.508 e. The Morgan fingerprint density at radius 1 is 1.00 bits per heavy atom. The monoisotopic (exact) mass is 306 g/mol. The van der Waals surface area contributed by atoms with Crippen LogP contribution in [0.3, 0.4) is 0 Å². The van der Waals surface area contributed by atoms with Gasteiger partial charge in [0.05, 0.1) is 5.56 Å². The Balaban J connectivity index is 2.48. The summed E-state index contributed by atoms with van der Waals surface area (Å²) in [5.41, 5.74) is 0.0724. The fourth-order valence-electron chi connectivity index (χ4n) is 1.77. The highest BCUT2D eigenvalue weighted by atomic mass is 35.5. The Labute approximate surface area is 125 Å². The number of carbonyl (C=O) groups excluding carboxylic acids is 1. The maximum atomic E-state index is 12.3. The van der Waals surface area contributed by atoms with Crippen molar-refractivity contribution in [3.8, 4) is 23.0 Å². The number of phenolic OH excluding ortho intramolecular Hbond substituents is 4. The van der Waals surface area contributed by atoms with Gasteiger partial charge in [-0.1, -0.05) is 30.3 Å². The second-order valence-corrected chi connectivity index (χ2v) is 4.68. The first-order chi connectivity index (χ1) is 9.82. The molecule has 0 bridgehead atoms. The number of ketones is 1. The molecule has 4 N–H and O–H groups in total. The van der Waals surface area contributed by atoms with Crippen LogP contribution in [0, 0.1) is 0 Å². The number of hydrogen-bond acceptors (Lipinski definition) is 5. The first kappa shape index (κ1) is 14.7. The summed E-state index contributed by atoms with van der Waals surface area (Å²) in [6, 6.07) is 6.52. The van der Waals surface area contributed by atoms with E-state index in [-0.39, 0.29) is 16.9 Å². The molecule has 2 aromatic rings. The number of allylic oxidation sites excluding steroid dienone is 1. The first-order valence-corrected chi connectivity index (χ1v) is 6.17. The van der Waals surface area contributed by atoms with E-state index in [0.29, 0.717) is 5.56 Å². The number of carbonyl (C=O) groups is 1. The lowest BCUT2D eigenvalue weighted by Crippen LogP contribution is -2.03. The van der Waals surface area contributed by atoms with E-state index in [1.54, 1.807) is 0 Å². The highest BCUT2D eigenvalue weighted by Crippen LogP contribution is 2.42. The second kappa shape index (κ2) is 5.38. The lowest BCUT2D eigenvalue weighted by molar-refractivity contribution is 0.105. The summed E-state index contributed by atoms with van der Waals surface area (Å²) in [7, 11) is 0. The molecule has 0 aliphatic rings. The zero-order valence-corrected chi connectivity index (χ0v) is 11.4. The van der Waals surface area contributed by atoms with Crippen molar-refractivity contribution in [2.75, 3.05) is 0 Å². The SMILES string of the molecule is C=C(C(=O)c1c(O)cc(O)c(O)c1Cl)c1ccc(O)cc1. The van der Waals surface area contributed by atoms with E-state index in [4.69, 9.17) is 11.6 Å². The van der Waals surface area contributed by atoms with Gasteiger partial charge in [0, 0.05) is 11.6 Å². The third-order valence-electron chi connectivity index (χ3n) is 2.92. The zero-order valence-electron chi connectivity index (χ0n) is 10.7. The van der Waals surface area contributed by atoms with Gasteiger partial charge in [-0.15, -0.1) is 0 Å². The minimum absolute atomic E-state index is 0.0114. The van der Waals surface area contributed by atoms with Crippen molar-refractivity contribution in [3.63, 3.8) is 0 Å². The van der Waals surface area contributed by atoms with Crippen molar-refractivity contribution in [2.45, 2.75) is 0 Å². The van der Waals surface area contributed by atoms with Gasteiger partial charge < -0.3 is 20.4 Å². The normalized spacial score (nSPS) is 10.3. The van der Waals surface area contributed by atoms with Crippen LogP contribution in [0.4, 0.5) is 0 Å². The van der Waals surface area contributed by atoms with E-state index in [1.165, 1.54) is 24.3 Å². The molecule has 2 rings (SSSR count). The Bertz CT molecular complexity index is 735. The molecule has 0 atom stereocenters. The van der Waals surface area contributed by atoms with Gasteiger partial charge in [0.1, 0.15) is 16.5 Å². The summed E-state index contributed by atoms with van der Waals surface area (Å²) < 4.78 is 0. The van der Waals surface area contributed by atoms with Crippen molar-refractivity contribution < 1.29 is 25.2 Å². The van der Waals surface area contributed by atoms with Gasteiger partial charge >= 0.3 is 0 Å². The number of halogens is 1. The van der Waals surface area contributed by atoms with Gasteiger partial charge in [-0.05, 0) is 17.7 Å². The van der Waals surface area contributed by atoms with Crippen LogP contribution in [0.15, 0.2) is 36.9 Å². The molecule has 0 aliphatic heterocycles. The largest absolute Gasteiger partial charge is 0.508 e. The molecule has 0 amide bonds. The predicted octanol–water partition coefficient (Wildman–Crippen LogP) is 3.06. The first-order valence-electron chi connectivity index (χ1n) is 5.79. The molecular weight excluding hydrogens is 296 g/mol. The summed E-state index contributed by atoms with van der Waals surface area (Å²) >= 11 is 5.78. The molecule has 21 heavy (non-hydrogen) atoms. The van der Waals surface area contributed by atoms with Gasteiger partial charge in [0.2, 0.25) is 0 Å². The topological polar surface area (TPSA) is 98.0 Å². The Kier molecular flexibility index (Phi) is 3.78. The summed E-state index contributed by atoms with van der Waals surface area (Å²) in [4.78, 5) is 12.3. The van der Waals surface area contributed by atoms with Crippen molar-refractivity contribution in [1.29, 1.82) is 0 Å². The number of phenols is 4. The van der Waals surface area contributed by atoms with Gasteiger partial charge in [0.25, 0.3) is 0 Å². The molecule has 0 unspecified atom stereocenters. The van der Waals surface area contributed by atoms with Crippen molar-refractivity contribution in [1.82, 2.24) is 0 Å². The van der Waals surface area contributed by atoms with Crippen LogP contribution in [0.5, 0.6) is 23.0 Å². The van der Waals surface area contributed by atoms with Crippen LogP contribution in [0.2, 0.25) is 5.02 Å². The Morgan fingerprint density at radius 2 is 1.57 bits per heavy atom. The maximum absolute atomic E-state index is 12.3. The Morgan fingerprint density at radius 3 is 2.14 bits per heavy atom. The third-order valence-corrected chi connectivity index (χ3v) is 3.28. The lowest BCUT2D eigenvalue weighted by atomic mass is 9.97. The quantitative estimate of drug-likeness (QED) is 0.302. The highest BCUT2D eigenvalue weighted by Gasteiger charge is 2.24. The van der Waals surface area contributed by atoms with Gasteiger partial charge in [-0.2, -0.15) is 0 Å². The van der Waals surface area contributed by atoms with E-state index in [2.05, 4.69) is 6.58 Å². The summed E-state index contributed by atoms with van der Waals surface area (Å²) in [5.74, 6) is -2.58. The average molecular weight is 307 g/mol. The summed E-state index contributed by atoms with van der Waals surface area (Å²) in [5, 5.41) is 37.4. The molecule has 0 aromatic heterocycles. The highest BCUT2D eigenvalue weighted by molar-refractivity contribution is 6.40. The smallest absolute Gasteiger partial charge is 0.198 e. The van der Waals surface area contributed by atoms with Crippen LogP contribution in [-0.4, -0.2) is 26.2 Å². The van der Waals surface area contributed by atoms with Crippen molar-refractivity contribution in [3.05, 3.63) is 53.1 Å². The van der Waals surface area contributed by atoms with Crippen molar-refractivity contribution in [2.24, 2.45) is 0 Å². The Hall–Kier alpha value is -2.66. The maximum Gasteiger partial charge on any atom is 0.198 e. The number of benzene rings is 2. The molecular formula is C15H11ClO5.